The molecule has 0 spiro atoms. The van der Waals surface area contributed by atoms with E-state index < -0.39 is 10.0 Å². The summed E-state index contributed by atoms with van der Waals surface area (Å²) in [5, 5.41) is 3.90. The lowest BCUT2D eigenvalue weighted by Crippen LogP contribution is -2.22. The van der Waals surface area contributed by atoms with Crippen molar-refractivity contribution < 1.29 is 8.42 Å². The minimum atomic E-state index is -3.64. The second-order valence-electron chi connectivity index (χ2n) is 5.97. The van der Waals surface area contributed by atoms with Crippen molar-refractivity contribution in [2.75, 3.05) is 10.0 Å². The van der Waals surface area contributed by atoms with Gasteiger partial charge in [-0.25, -0.2) is 13.4 Å². The van der Waals surface area contributed by atoms with E-state index >= 15 is 0 Å². The molecular weight excluding hydrogens is 346 g/mol. The number of hydrogen-bond acceptors (Lipinski definition) is 4. The minimum Gasteiger partial charge on any atom is -0.367 e. The van der Waals surface area contributed by atoms with E-state index in [4.69, 9.17) is 11.6 Å². The van der Waals surface area contributed by atoms with Crippen molar-refractivity contribution in [1.82, 2.24) is 4.98 Å². The first-order chi connectivity index (χ1) is 11.5. The van der Waals surface area contributed by atoms with Gasteiger partial charge in [-0.05, 0) is 49.2 Å². The smallest absolute Gasteiger partial charge is 0.261 e. The molecule has 1 heterocycles. The van der Waals surface area contributed by atoms with Crippen molar-refractivity contribution in [3.8, 4) is 0 Å². The molecule has 1 saturated carbocycles. The fourth-order valence-electron chi connectivity index (χ4n) is 2.82. The third-order valence-electron chi connectivity index (χ3n) is 4.10. The van der Waals surface area contributed by atoms with Crippen LogP contribution in [0.3, 0.4) is 0 Å². The first-order valence-corrected chi connectivity index (χ1v) is 9.90. The molecule has 2 N–H and O–H groups in total. The van der Waals surface area contributed by atoms with Crippen LogP contribution >= 0.6 is 11.6 Å². The van der Waals surface area contributed by atoms with Gasteiger partial charge >= 0.3 is 0 Å². The molecule has 1 aromatic carbocycles. The number of anilines is 2. The van der Waals surface area contributed by atoms with Crippen LogP contribution in [0.25, 0.3) is 0 Å². The van der Waals surface area contributed by atoms with Crippen LogP contribution in [-0.4, -0.2) is 19.4 Å². The molecule has 0 radical (unpaired) electrons. The maximum Gasteiger partial charge on any atom is 0.261 e. The predicted molar refractivity (Wildman–Crippen MR) is 97.0 cm³/mol. The second kappa shape index (κ2) is 7.40. The average Bonchev–Trinajstić information content (AvgIpc) is 2.58. The quantitative estimate of drug-likeness (QED) is 0.829. The highest BCUT2D eigenvalue weighted by Gasteiger charge is 2.15. The van der Waals surface area contributed by atoms with Crippen molar-refractivity contribution in [3.63, 3.8) is 0 Å². The van der Waals surface area contributed by atoms with Crippen LogP contribution in [0.4, 0.5) is 11.5 Å². The molecule has 0 saturated heterocycles. The Morgan fingerprint density at radius 2 is 1.71 bits per heavy atom. The lowest BCUT2D eigenvalue weighted by molar-refractivity contribution is 0.462. The Hall–Kier alpha value is -1.79. The van der Waals surface area contributed by atoms with E-state index in [0.717, 1.165) is 18.7 Å². The van der Waals surface area contributed by atoms with Crippen LogP contribution in [0, 0.1) is 0 Å². The molecule has 2 aromatic rings. The largest absolute Gasteiger partial charge is 0.367 e. The molecule has 1 aliphatic carbocycles. The molecule has 3 rings (SSSR count). The Balaban J connectivity index is 1.66. The van der Waals surface area contributed by atoms with Crippen LogP contribution in [-0.2, 0) is 10.0 Å². The zero-order valence-corrected chi connectivity index (χ0v) is 14.8. The first-order valence-electron chi connectivity index (χ1n) is 8.04. The van der Waals surface area contributed by atoms with Crippen LogP contribution in [0.5, 0.6) is 0 Å². The summed E-state index contributed by atoms with van der Waals surface area (Å²) in [5.74, 6) is 0.774. The lowest BCUT2D eigenvalue weighted by atomic mass is 9.95. The van der Waals surface area contributed by atoms with Crippen molar-refractivity contribution in [2.45, 2.75) is 43.0 Å². The molecule has 0 bridgehead atoms. The molecule has 0 atom stereocenters. The van der Waals surface area contributed by atoms with Gasteiger partial charge in [0.1, 0.15) is 5.82 Å². The van der Waals surface area contributed by atoms with Gasteiger partial charge in [-0.15, -0.1) is 0 Å². The Kier molecular flexibility index (Phi) is 5.26. The van der Waals surface area contributed by atoms with Crippen LogP contribution in [0.1, 0.15) is 32.1 Å². The number of aromatic nitrogens is 1. The van der Waals surface area contributed by atoms with E-state index in [1.54, 1.807) is 24.3 Å². The summed E-state index contributed by atoms with van der Waals surface area (Å²) in [6.45, 7) is 0. The van der Waals surface area contributed by atoms with Crippen LogP contribution in [0.2, 0.25) is 5.02 Å². The Labute approximate surface area is 147 Å². The van der Waals surface area contributed by atoms with E-state index in [9.17, 15) is 8.42 Å². The van der Waals surface area contributed by atoms with Gasteiger partial charge in [0.25, 0.3) is 10.0 Å². The number of hydrogen-bond donors (Lipinski definition) is 2. The Morgan fingerprint density at radius 1 is 1.00 bits per heavy atom. The second-order valence-corrected chi connectivity index (χ2v) is 8.09. The summed E-state index contributed by atoms with van der Waals surface area (Å²) < 4.78 is 27.2. The summed E-state index contributed by atoms with van der Waals surface area (Å²) >= 11 is 5.79. The minimum absolute atomic E-state index is 0.163. The van der Waals surface area contributed by atoms with Gasteiger partial charge in [0.15, 0.2) is 0 Å². The average molecular weight is 366 g/mol. The predicted octanol–water partition coefficient (Wildman–Crippen LogP) is 4.28. The third kappa shape index (κ3) is 4.39. The fourth-order valence-corrected chi connectivity index (χ4v) is 3.99. The molecule has 1 aromatic heterocycles. The Morgan fingerprint density at radius 3 is 2.33 bits per heavy atom. The van der Waals surface area contributed by atoms with Crippen molar-refractivity contribution in [3.05, 3.63) is 47.6 Å². The number of pyridine rings is 1. The standard InChI is InChI=1S/C17H20ClN3O2S/c18-13-6-9-16(10-7-13)24(22,23)21-15-8-11-17(19-12-15)20-14-4-2-1-3-5-14/h6-12,14,21H,1-5H2,(H,19,20). The van der Waals surface area contributed by atoms with Gasteiger partial charge < -0.3 is 5.32 Å². The van der Waals surface area contributed by atoms with E-state index in [1.165, 1.54) is 37.6 Å². The molecule has 0 unspecified atom stereocenters. The molecule has 5 nitrogen and oxygen atoms in total. The maximum absolute atomic E-state index is 12.3. The molecule has 24 heavy (non-hydrogen) atoms. The van der Waals surface area contributed by atoms with E-state index in [0.29, 0.717) is 16.8 Å². The van der Waals surface area contributed by atoms with Crippen molar-refractivity contribution >= 4 is 33.1 Å². The number of rotatable bonds is 5. The highest BCUT2D eigenvalue weighted by molar-refractivity contribution is 7.92. The number of halogens is 1. The normalized spacial score (nSPS) is 15.9. The summed E-state index contributed by atoms with van der Waals surface area (Å²) in [4.78, 5) is 4.47. The molecule has 1 fully saturated rings. The lowest BCUT2D eigenvalue weighted by Gasteiger charge is -2.23. The highest BCUT2D eigenvalue weighted by atomic mass is 35.5. The number of nitrogens with one attached hydrogen (secondary N) is 2. The molecule has 0 amide bonds. The molecule has 7 heteroatoms. The van der Waals surface area contributed by atoms with Crippen molar-refractivity contribution in [1.29, 1.82) is 0 Å². The fraction of sp³-hybridized carbons (Fsp3) is 0.353. The monoisotopic (exact) mass is 365 g/mol. The zero-order valence-electron chi connectivity index (χ0n) is 13.2. The SMILES string of the molecule is O=S(=O)(Nc1ccc(NC2CCCCC2)nc1)c1ccc(Cl)cc1. The maximum atomic E-state index is 12.3. The number of nitrogens with zero attached hydrogens (tertiary/aromatic N) is 1. The highest BCUT2D eigenvalue weighted by Crippen LogP contribution is 2.22. The summed E-state index contributed by atoms with van der Waals surface area (Å²) in [6, 6.07) is 10.0. The third-order valence-corrected chi connectivity index (χ3v) is 5.75. The van der Waals surface area contributed by atoms with E-state index in [-0.39, 0.29) is 4.90 Å². The van der Waals surface area contributed by atoms with Gasteiger partial charge in [0.2, 0.25) is 0 Å². The number of sulfonamides is 1. The zero-order chi connectivity index (χ0) is 17.0. The molecular formula is C17H20ClN3O2S. The van der Waals surface area contributed by atoms with Gasteiger partial charge in [-0.2, -0.15) is 0 Å². The molecule has 128 valence electrons. The number of benzene rings is 1. The summed E-state index contributed by atoms with van der Waals surface area (Å²) in [5.41, 5.74) is 0.430. The van der Waals surface area contributed by atoms with Crippen LogP contribution in [0.15, 0.2) is 47.5 Å². The van der Waals surface area contributed by atoms with E-state index in [2.05, 4.69) is 15.0 Å². The van der Waals surface area contributed by atoms with Gasteiger partial charge in [0.05, 0.1) is 16.8 Å². The molecule has 0 aliphatic heterocycles. The summed E-state index contributed by atoms with van der Waals surface area (Å²) in [7, 11) is -3.64. The van der Waals surface area contributed by atoms with Gasteiger partial charge in [-0.3, -0.25) is 4.72 Å². The summed E-state index contributed by atoms with van der Waals surface area (Å²) in [6.07, 6.45) is 7.64. The van der Waals surface area contributed by atoms with Crippen molar-refractivity contribution in [2.24, 2.45) is 0 Å². The van der Waals surface area contributed by atoms with Gasteiger partial charge in [0, 0.05) is 11.1 Å². The Bertz CT molecular complexity index is 770. The first kappa shape index (κ1) is 17.0. The van der Waals surface area contributed by atoms with Gasteiger partial charge in [-0.1, -0.05) is 30.9 Å². The van der Waals surface area contributed by atoms with E-state index in [1.807, 2.05) is 0 Å². The topological polar surface area (TPSA) is 71.1 Å². The molecule has 1 aliphatic rings. The van der Waals surface area contributed by atoms with Crippen LogP contribution < -0.4 is 10.0 Å².